The third-order valence-corrected chi connectivity index (χ3v) is 1.81. The fourth-order valence-electron chi connectivity index (χ4n) is 1.09. The Morgan fingerprint density at radius 1 is 1.67 bits per heavy atom. The Kier molecular flexibility index (Phi) is 3.99. The van der Waals surface area contributed by atoms with Crippen molar-refractivity contribution in [3.05, 3.63) is 27.9 Å². The summed E-state index contributed by atoms with van der Waals surface area (Å²) in [5.41, 5.74) is 0.0653. The number of carbonyl (C=O) groups is 1. The van der Waals surface area contributed by atoms with Gasteiger partial charge in [-0.3, -0.25) is 9.59 Å². The Hall–Kier alpha value is -1.69. The zero-order valence-corrected chi connectivity index (χ0v) is 8.32. The molecule has 0 amide bonds. The van der Waals surface area contributed by atoms with Crippen LogP contribution in [0.2, 0.25) is 0 Å². The van der Waals surface area contributed by atoms with Crippen LogP contribution in [0.1, 0.15) is 17.8 Å². The van der Waals surface area contributed by atoms with E-state index in [1.807, 2.05) is 0 Å². The standard InChI is InChI=1S/C9H12N2O4/c1-15-5-7-10-4-6(9(14)11-7)2-3-8(12)13/h4H,2-3,5H2,1H3,(H,12,13)(H,10,11,14). The summed E-state index contributed by atoms with van der Waals surface area (Å²) in [6, 6.07) is 0. The average molecular weight is 212 g/mol. The highest BCUT2D eigenvalue weighted by atomic mass is 16.5. The lowest BCUT2D eigenvalue weighted by Gasteiger charge is -2.00. The second-order valence-corrected chi connectivity index (χ2v) is 3.01. The highest BCUT2D eigenvalue weighted by Crippen LogP contribution is 1.96. The van der Waals surface area contributed by atoms with Gasteiger partial charge in [0.05, 0.1) is 0 Å². The molecule has 0 aromatic carbocycles. The lowest BCUT2D eigenvalue weighted by atomic mass is 10.2. The Balaban J connectivity index is 2.75. The number of hydrogen-bond acceptors (Lipinski definition) is 4. The lowest BCUT2D eigenvalue weighted by Crippen LogP contribution is -2.17. The smallest absolute Gasteiger partial charge is 0.303 e. The van der Waals surface area contributed by atoms with Crippen molar-refractivity contribution in [2.75, 3.05) is 7.11 Å². The van der Waals surface area contributed by atoms with E-state index in [4.69, 9.17) is 9.84 Å². The van der Waals surface area contributed by atoms with E-state index in [1.54, 1.807) is 0 Å². The number of nitrogens with one attached hydrogen (secondary N) is 1. The molecule has 0 aliphatic carbocycles. The first kappa shape index (κ1) is 11.4. The number of aromatic amines is 1. The fourth-order valence-corrected chi connectivity index (χ4v) is 1.09. The van der Waals surface area contributed by atoms with E-state index in [-0.39, 0.29) is 25.0 Å². The maximum atomic E-state index is 11.4. The first-order valence-electron chi connectivity index (χ1n) is 4.41. The summed E-state index contributed by atoms with van der Waals surface area (Å²) < 4.78 is 4.79. The van der Waals surface area contributed by atoms with Crippen LogP contribution < -0.4 is 5.56 Å². The number of hydrogen-bond donors (Lipinski definition) is 2. The van der Waals surface area contributed by atoms with Gasteiger partial charge < -0.3 is 14.8 Å². The van der Waals surface area contributed by atoms with Crippen LogP contribution in [-0.2, 0) is 22.6 Å². The lowest BCUT2D eigenvalue weighted by molar-refractivity contribution is -0.136. The Labute approximate surface area is 85.9 Å². The van der Waals surface area contributed by atoms with Gasteiger partial charge >= 0.3 is 5.97 Å². The van der Waals surface area contributed by atoms with E-state index in [0.29, 0.717) is 11.4 Å². The monoisotopic (exact) mass is 212 g/mol. The van der Waals surface area contributed by atoms with E-state index in [2.05, 4.69) is 9.97 Å². The summed E-state index contributed by atoms with van der Waals surface area (Å²) in [7, 11) is 1.50. The average Bonchev–Trinajstić information content (AvgIpc) is 2.17. The van der Waals surface area contributed by atoms with Crippen molar-refractivity contribution in [1.29, 1.82) is 0 Å². The van der Waals surface area contributed by atoms with Gasteiger partial charge in [0.1, 0.15) is 12.4 Å². The predicted octanol–water partition coefficient (Wildman–Crippen LogP) is -0.0665. The quantitative estimate of drug-likeness (QED) is 0.712. The minimum atomic E-state index is -0.935. The molecule has 2 N–H and O–H groups in total. The van der Waals surface area contributed by atoms with Gasteiger partial charge in [0.25, 0.3) is 5.56 Å². The minimum Gasteiger partial charge on any atom is -0.481 e. The number of nitrogens with zero attached hydrogens (tertiary/aromatic N) is 1. The van der Waals surface area contributed by atoms with Crippen molar-refractivity contribution in [2.45, 2.75) is 19.4 Å². The molecule has 6 nitrogen and oxygen atoms in total. The number of ether oxygens (including phenoxy) is 1. The van der Waals surface area contributed by atoms with Gasteiger partial charge in [-0.15, -0.1) is 0 Å². The van der Waals surface area contributed by atoms with E-state index in [0.717, 1.165) is 0 Å². The highest BCUT2D eigenvalue weighted by molar-refractivity contribution is 5.67. The van der Waals surface area contributed by atoms with Crippen molar-refractivity contribution in [3.63, 3.8) is 0 Å². The second kappa shape index (κ2) is 5.26. The molecule has 0 saturated heterocycles. The first-order valence-corrected chi connectivity index (χ1v) is 4.41. The number of carboxylic acid groups (broad SMARTS) is 1. The zero-order valence-electron chi connectivity index (χ0n) is 8.32. The maximum absolute atomic E-state index is 11.4. The molecule has 0 unspecified atom stereocenters. The number of aliphatic carboxylic acids is 1. The molecule has 0 aliphatic heterocycles. The summed E-state index contributed by atoms with van der Waals surface area (Å²) in [4.78, 5) is 28.1. The van der Waals surface area contributed by atoms with Gasteiger partial charge in [-0.2, -0.15) is 0 Å². The molecule has 6 heteroatoms. The number of H-pyrrole nitrogens is 1. The fraction of sp³-hybridized carbons (Fsp3) is 0.444. The van der Waals surface area contributed by atoms with Crippen LogP contribution in [0.4, 0.5) is 0 Å². The molecule has 15 heavy (non-hydrogen) atoms. The second-order valence-electron chi connectivity index (χ2n) is 3.01. The van der Waals surface area contributed by atoms with Crippen LogP contribution in [0, 0.1) is 0 Å². The van der Waals surface area contributed by atoms with E-state index in [1.165, 1.54) is 13.3 Å². The molecular weight excluding hydrogens is 200 g/mol. The van der Waals surface area contributed by atoms with Crippen molar-refractivity contribution >= 4 is 5.97 Å². The Morgan fingerprint density at radius 3 is 2.93 bits per heavy atom. The first-order chi connectivity index (χ1) is 7.13. The molecule has 1 rings (SSSR count). The van der Waals surface area contributed by atoms with Crippen LogP contribution in [0.25, 0.3) is 0 Å². The van der Waals surface area contributed by atoms with Crippen molar-refractivity contribution in [2.24, 2.45) is 0 Å². The van der Waals surface area contributed by atoms with Crippen molar-refractivity contribution < 1.29 is 14.6 Å². The number of carboxylic acids is 1. The van der Waals surface area contributed by atoms with Crippen LogP contribution in [0.5, 0.6) is 0 Å². The Bertz CT molecular complexity index is 399. The number of aryl methyl sites for hydroxylation is 1. The van der Waals surface area contributed by atoms with Gasteiger partial charge in [-0.25, -0.2) is 4.98 Å². The molecule has 1 aromatic heterocycles. The summed E-state index contributed by atoms with van der Waals surface area (Å²) in [5.74, 6) is -0.503. The molecule has 0 saturated carbocycles. The molecule has 0 bridgehead atoms. The molecule has 82 valence electrons. The van der Waals surface area contributed by atoms with Crippen LogP contribution >= 0.6 is 0 Å². The molecular formula is C9H12N2O4. The maximum Gasteiger partial charge on any atom is 0.303 e. The molecule has 0 radical (unpaired) electrons. The third-order valence-electron chi connectivity index (χ3n) is 1.81. The van der Waals surface area contributed by atoms with Gasteiger partial charge in [0, 0.05) is 25.3 Å². The normalized spacial score (nSPS) is 10.2. The predicted molar refractivity (Wildman–Crippen MR) is 51.5 cm³/mol. The van der Waals surface area contributed by atoms with E-state index < -0.39 is 5.97 Å². The van der Waals surface area contributed by atoms with Crippen LogP contribution in [0.15, 0.2) is 11.0 Å². The van der Waals surface area contributed by atoms with Gasteiger partial charge in [0.15, 0.2) is 0 Å². The summed E-state index contributed by atoms with van der Waals surface area (Å²) in [5, 5.41) is 8.45. The van der Waals surface area contributed by atoms with Crippen molar-refractivity contribution in [3.8, 4) is 0 Å². The van der Waals surface area contributed by atoms with Gasteiger partial charge in [-0.05, 0) is 6.42 Å². The third kappa shape index (κ3) is 3.51. The summed E-state index contributed by atoms with van der Waals surface area (Å²) >= 11 is 0. The molecule has 0 fully saturated rings. The largest absolute Gasteiger partial charge is 0.481 e. The van der Waals surface area contributed by atoms with Crippen molar-refractivity contribution in [1.82, 2.24) is 9.97 Å². The van der Waals surface area contributed by atoms with E-state index in [9.17, 15) is 9.59 Å². The van der Waals surface area contributed by atoms with E-state index >= 15 is 0 Å². The molecule has 1 heterocycles. The SMILES string of the molecule is COCc1ncc(CCC(=O)O)c(=O)[nH]1. The molecule has 0 aliphatic rings. The number of aromatic nitrogens is 2. The molecule has 1 aromatic rings. The minimum absolute atomic E-state index is 0.0750. The molecule has 0 atom stereocenters. The van der Waals surface area contributed by atoms with Crippen LogP contribution in [0.3, 0.4) is 0 Å². The van der Waals surface area contributed by atoms with Crippen LogP contribution in [-0.4, -0.2) is 28.2 Å². The van der Waals surface area contributed by atoms with Gasteiger partial charge in [0.2, 0.25) is 0 Å². The summed E-state index contributed by atoms with van der Waals surface area (Å²) in [6.07, 6.45) is 1.50. The van der Waals surface area contributed by atoms with Gasteiger partial charge in [-0.1, -0.05) is 0 Å². The topological polar surface area (TPSA) is 92.3 Å². The summed E-state index contributed by atoms with van der Waals surface area (Å²) in [6.45, 7) is 0.231. The Morgan fingerprint density at radius 2 is 2.40 bits per heavy atom. The molecule has 0 spiro atoms. The number of rotatable bonds is 5. The highest BCUT2D eigenvalue weighted by Gasteiger charge is 2.05. The number of methoxy groups -OCH3 is 1. The zero-order chi connectivity index (χ0) is 11.3.